The number of methoxy groups -OCH3 is 1. The van der Waals surface area contributed by atoms with Crippen LogP contribution in [0.5, 0.6) is 0 Å². The number of hydrogen-bond acceptors (Lipinski definition) is 5. The molecule has 0 saturated carbocycles. The molecular weight excluding hydrogens is 405 g/mol. The molecular formula is C16H22Cl3N3O2S. The van der Waals surface area contributed by atoms with Gasteiger partial charge in [-0.1, -0.05) is 23.7 Å². The number of carbonyl (C=O) groups is 1. The molecule has 2 aromatic rings. The van der Waals surface area contributed by atoms with Gasteiger partial charge in [-0.05, 0) is 19.1 Å². The van der Waals surface area contributed by atoms with Gasteiger partial charge in [0.15, 0.2) is 0 Å². The molecule has 0 fully saturated rings. The summed E-state index contributed by atoms with van der Waals surface area (Å²) in [5, 5.41) is 7.58. The van der Waals surface area contributed by atoms with Crippen LogP contribution in [-0.4, -0.2) is 44.2 Å². The van der Waals surface area contributed by atoms with Crippen molar-refractivity contribution in [1.82, 2.24) is 15.6 Å². The minimum atomic E-state index is -0.0891. The van der Waals surface area contributed by atoms with E-state index < -0.39 is 0 Å². The minimum Gasteiger partial charge on any atom is -0.383 e. The number of aryl methyl sites for hydroxylation is 1. The van der Waals surface area contributed by atoms with Crippen molar-refractivity contribution in [1.29, 1.82) is 0 Å². The first-order valence-corrected chi connectivity index (χ1v) is 8.52. The van der Waals surface area contributed by atoms with Gasteiger partial charge in [0, 0.05) is 37.3 Å². The summed E-state index contributed by atoms with van der Waals surface area (Å²) in [4.78, 5) is 17.4. The summed E-state index contributed by atoms with van der Waals surface area (Å²) in [6, 6.07) is 7.45. The molecule has 0 radical (unpaired) electrons. The lowest BCUT2D eigenvalue weighted by atomic mass is 10.2. The quantitative estimate of drug-likeness (QED) is 0.633. The van der Waals surface area contributed by atoms with Crippen LogP contribution in [0.15, 0.2) is 24.3 Å². The second-order valence-corrected chi connectivity index (χ2v) is 6.37. The normalized spacial score (nSPS) is 9.88. The van der Waals surface area contributed by atoms with Gasteiger partial charge in [-0.15, -0.1) is 36.2 Å². The maximum absolute atomic E-state index is 12.2. The highest BCUT2D eigenvalue weighted by molar-refractivity contribution is 7.17. The van der Waals surface area contributed by atoms with Crippen molar-refractivity contribution >= 4 is 53.7 Å². The molecule has 0 saturated heterocycles. The molecule has 0 unspecified atom stereocenters. The first-order valence-electron chi connectivity index (χ1n) is 7.33. The van der Waals surface area contributed by atoms with Crippen LogP contribution in [0.25, 0.3) is 10.6 Å². The van der Waals surface area contributed by atoms with Crippen LogP contribution in [0.2, 0.25) is 5.02 Å². The van der Waals surface area contributed by atoms with Crippen LogP contribution in [0, 0.1) is 6.92 Å². The van der Waals surface area contributed by atoms with Gasteiger partial charge in [0.05, 0.1) is 12.3 Å². The number of nitrogens with one attached hydrogen (secondary N) is 2. The third-order valence-corrected chi connectivity index (χ3v) is 4.62. The van der Waals surface area contributed by atoms with E-state index in [2.05, 4.69) is 15.6 Å². The lowest BCUT2D eigenvalue weighted by molar-refractivity contribution is 0.0957. The maximum atomic E-state index is 12.2. The number of amides is 1. The minimum absolute atomic E-state index is 0. The fourth-order valence-corrected chi connectivity index (χ4v) is 3.08. The Kier molecular flexibility index (Phi) is 12.0. The average molecular weight is 427 g/mol. The smallest absolute Gasteiger partial charge is 0.263 e. The van der Waals surface area contributed by atoms with E-state index in [0.29, 0.717) is 29.6 Å². The number of carbonyl (C=O) groups excluding carboxylic acids is 1. The van der Waals surface area contributed by atoms with E-state index in [1.54, 1.807) is 7.11 Å². The molecule has 9 heteroatoms. The van der Waals surface area contributed by atoms with Gasteiger partial charge in [0.1, 0.15) is 9.88 Å². The average Bonchev–Trinajstić information content (AvgIpc) is 2.93. The Labute approximate surface area is 169 Å². The van der Waals surface area contributed by atoms with Crippen molar-refractivity contribution in [3.05, 3.63) is 39.9 Å². The first-order chi connectivity index (χ1) is 11.1. The number of rotatable bonds is 8. The number of halogens is 3. The van der Waals surface area contributed by atoms with Crippen LogP contribution in [0.3, 0.4) is 0 Å². The number of benzene rings is 1. The molecule has 0 bridgehead atoms. The molecule has 0 aliphatic rings. The number of thiazole rings is 1. The van der Waals surface area contributed by atoms with E-state index in [1.165, 1.54) is 11.3 Å². The van der Waals surface area contributed by atoms with E-state index in [-0.39, 0.29) is 30.7 Å². The monoisotopic (exact) mass is 425 g/mol. The van der Waals surface area contributed by atoms with E-state index in [9.17, 15) is 4.79 Å². The summed E-state index contributed by atoms with van der Waals surface area (Å²) in [7, 11) is 1.66. The second kappa shape index (κ2) is 12.5. The Morgan fingerprint density at radius 1 is 1.20 bits per heavy atom. The van der Waals surface area contributed by atoms with Gasteiger partial charge in [-0.25, -0.2) is 4.98 Å². The molecule has 140 valence electrons. The highest BCUT2D eigenvalue weighted by atomic mass is 35.5. The topological polar surface area (TPSA) is 63.2 Å². The molecule has 0 atom stereocenters. The Bertz CT molecular complexity index is 651. The molecule has 2 rings (SSSR count). The number of nitrogens with zero attached hydrogens (tertiary/aromatic N) is 1. The molecule has 0 spiro atoms. The second-order valence-electron chi connectivity index (χ2n) is 4.94. The van der Waals surface area contributed by atoms with Crippen LogP contribution in [0.1, 0.15) is 15.4 Å². The lowest BCUT2D eigenvalue weighted by Crippen LogP contribution is -2.33. The summed E-state index contributed by atoms with van der Waals surface area (Å²) >= 11 is 7.29. The third kappa shape index (κ3) is 7.48. The van der Waals surface area contributed by atoms with Crippen LogP contribution < -0.4 is 10.6 Å². The molecule has 0 aliphatic carbocycles. The van der Waals surface area contributed by atoms with Gasteiger partial charge in [-0.3, -0.25) is 4.79 Å². The predicted molar refractivity (Wildman–Crippen MR) is 109 cm³/mol. The Morgan fingerprint density at radius 3 is 2.52 bits per heavy atom. The zero-order chi connectivity index (χ0) is 16.7. The van der Waals surface area contributed by atoms with E-state index >= 15 is 0 Å². The maximum Gasteiger partial charge on any atom is 0.263 e. The standard InChI is InChI=1S/C16H20ClN3O2S.2ClH/c1-11-14(15(21)19-8-7-18-9-10-22-2)23-16(20-11)12-3-5-13(17)6-4-12;;/h3-6,18H,7-10H2,1-2H3,(H,19,21);2*1H. The summed E-state index contributed by atoms with van der Waals surface area (Å²) in [5.41, 5.74) is 1.70. The molecule has 1 heterocycles. The molecule has 0 aliphatic heterocycles. The van der Waals surface area contributed by atoms with Gasteiger partial charge in [0.25, 0.3) is 5.91 Å². The largest absolute Gasteiger partial charge is 0.383 e. The molecule has 5 nitrogen and oxygen atoms in total. The van der Waals surface area contributed by atoms with Crippen LogP contribution in [-0.2, 0) is 4.74 Å². The fraction of sp³-hybridized carbons (Fsp3) is 0.375. The van der Waals surface area contributed by atoms with E-state index in [1.807, 2.05) is 31.2 Å². The zero-order valence-electron chi connectivity index (χ0n) is 14.0. The van der Waals surface area contributed by atoms with Crippen molar-refractivity contribution in [3.63, 3.8) is 0 Å². The highest BCUT2D eigenvalue weighted by Gasteiger charge is 2.15. The predicted octanol–water partition coefficient (Wildman–Crippen LogP) is 3.58. The lowest BCUT2D eigenvalue weighted by Gasteiger charge is -2.05. The number of hydrogen-bond donors (Lipinski definition) is 2. The Balaban J connectivity index is 0.00000288. The molecule has 1 aromatic carbocycles. The molecule has 25 heavy (non-hydrogen) atoms. The highest BCUT2D eigenvalue weighted by Crippen LogP contribution is 2.28. The van der Waals surface area contributed by atoms with Gasteiger partial charge < -0.3 is 15.4 Å². The molecule has 2 N–H and O–H groups in total. The van der Waals surface area contributed by atoms with Gasteiger partial charge in [0.2, 0.25) is 0 Å². The summed E-state index contributed by atoms with van der Waals surface area (Å²) in [6.07, 6.45) is 0. The van der Waals surface area contributed by atoms with Crippen LogP contribution in [0.4, 0.5) is 0 Å². The van der Waals surface area contributed by atoms with Gasteiger partial charge >= 0.3 is 0 Å². The van der Waals surface area contributed by atoms with Crippen molar-refractivity contribution in [3.8, 4) is 10.6 Å². The van der Waals surface area contributed by atoms with Crippen LogP contribution >= 0.6 is 47.8 Å². The first kappa shape index (κ1) is 24.1. The van der Waals surface area contributed by atoms with Crippen molar-refractivity contribution < 1.29 is 9.53 Å². The van der Waals surface area contributed by atoms with E-state index in [4.69, 9.17) is 16.3 Å². The van der Waals surface area contributed by atoms with Crippen molar-refractivity contribution in [2.75, 3.05) is 33.4 Å². The zero-order valence-corrected chi connectivity index (χ0v) is 17.2. The van der Waals surface area contributed by atoms with E-state index in [0.717, 1.165) is 22.8 Å². The number of ether oxygens (including phenoxy) is 1. The van der Waals surface area contributed by atoms with Crippen molar-refractivity contribution in [2.45, 2.75) is 6.92 Å². The van der Waals surface area contributed by atoms with Crippen molar-refractivity contribution in [2.24, 2.45) is 0 Å². The Hall–Kier alpha value is -0.890. The third-order valence-electron chi connectivity index (χ3n) is 3.16. The summed E-state index contributed by atoms with van der Waals surface area (Å²) in [6.45, 7) is 4.55. The summed E-state index contributed by atoms with van der Waals surface area (Å²) in [5.74, 6) is -0.0891. The fourth-order valence-electron chi connectivity index (χ4n) is 1.97. The molecule has 1 aromatic heterocycles. The summed E-state index contributed by atoms with van der Waals surface area (Å²) < 4.78 is 4.94. The molecule has 1 amide bonds. The SMILES string of the molecule is COCCNCCNC(=O)c1sc(-c2ccc(Cl)cc2)nc1C.Cl.Cl. The van der Waals surface area contributed by atoms with Gasteiger partial charge in [-0.2, -0.15) is 0 Å². The Morgan fingerprint density at radius 2 is 1.88 bits per heavy atom. The number of aromatic nitrogens is 1.